The van der Waals surface area contributed by atoms with Gasteiger partial charge in [0.05, 0.1) is 4.92 Å². The van der Waals surface area contributed by atoms with Crippen molar-refractivity contribution in [3.05, 3.63) is 63.3 Å². The molecular formula is C21H26N4O3. The molecule has 0 bridgehead atoms. The Kier molecular flexibility index (Phi) is 6.23. The highest BCUT2D eigenvalue weighted by Gasteiger charge is 2.23. The molecule has 28 heavy (non-hydrogen) atoms. The van der Waals surface area contributed by atoms with Crippen LogP contribution < -0.4 is 4.90 Å². The molecule has 7 nitrogen and oxygen atoms in total. The van der Waals surface area contributed by atoms with Crippen LogP contribution in [-0.2, 0) is 11.2 Å². The second-order valence-corrected chi connectivity index (χ2v) is 7.30. The third-order valence-electron chi connectivity index (χ3n) is 5.16. The minimum absolute atomic E-state index is 0.00337. The third-order valence-corrected chi connectivity index (χ3v) is 5.16. The molecule has 0 saturated carbocycles. The summed E-state index contributed by atoms with van der Waals surface area (Å²) in [6.07, 6.45) is 3.62. The van der Waals surface area contributed by atoms with E-state index in [1.807, 2.05) is 11.8 Å². The van der Waals surface area contributed by atoms with Crippen molar-refractivity contribution in [3.8, 4) is 0 Å². The number of hydrogen-bond donors (Lipinski definition) is 0. The summed E-state index contributed by atoms with van der Waals surface area (Å²) in [5.41, 5.74) is 3.30. The first-order valence-corrected chi connectivity index (χ1v) is 9.63. The highest BCUT2D eigenvalue weighted by atomic mass is 16.6. The van der Waals surface area contributed by atoms with Gasteiger partial charge in [-0.05, 0) is 37.8 Å². The average molecular weight is 382 g/mol. The Balaban J connectivity index is 1.47. The fraction of sp³-hybridized carbons (Fsp3) is 0.429. The SMILES string of the molecule is Cc1ccc(CCCC(=O)N2CCN(c3ncc([N+](=O)[O-])cc3C)CC2)cc1. The Hall–Kier alpha value is -2.96. The number of hydrogen-bond acceptors (Lipinski definition) is 5. The van der Waals surface area contributed by atoms with Crippen LogP contribution in [0.25, 0.3) is 0 Å². The normalized spacial score (nSPS) is 14.2. The van der Waals surface area contributed by atoms with Crippen LogP contribution in [-0.4, -0.2) is 46.9 Å². The molecule has 0 radical (unpaired) electrons. The molecule has 1 fully saturated rings. The Bertz CT molecular complexity index is 843. The number of rotatable bonds is 6. The molecule has 0 N–H and O–H groups in total. The molecule has 148 valence electrons. The predicted molar refractivity (Wildman–Crippen MR) is 109 cm³/mol. The van der Waals surface area contributed by atoms with E-state index in [9.17, 15) is 14.9 Å². The molecule has 7 heteroatoms. The van der Waals surface area contributed by atoms with E-state index in [0.717, 1.165) is 24.2 Å². The number of anilines is 1. The molecule has 1 aliphatic heterocycles. The quantitative estimate of drug-likeness (QED) is 0.566. The largest absolute Gasteiger partial charge is 0.353 e. The zero-order valence-electron chi connectivity index (χ0n) is 16.4. The van der Waals surface area contributed by atoms with Crippen molar-refractivity contribution in [1.29, 1.82) is 0 Å². The van der Waals surface area contributed by atoms with E-state index in [1.165, 1.54) is 17.3 Å². The lowest BCUT2D eigenvalue weighted by Gasteiger charge is -2.36. The smallest absolute Gasteiger partial charge is 0.287 e. The van der Waals surface area contributed by atoms with Gasteiger partial charge in [-0.3, -0.25) is 14.9 Å². The summed E-state index contributed by atoms with van der Waals surface area (Å²) in [4.78, 5) is 31.2. The van der Waals surface area contributed by atoms with Crippen molar-refractivity contribution >= 4 is 17.4 Å². The number of aromatic nitrogens is 1. The summed E-state index contributed by atoms with van der Waals surface area (Å²) in [6, 6.07) is 10.00. The first-order valence-electron chi connectivity index (χ1n) is 9.63. The van der Waals surface area contributed by atoms with E-state index in [4.69, 9.17) is 0 Å². The van der Waals surface area contributed by atoms with E-state index in [0.29, 0.717) is 32.6 Å². The molecule has 0 atom stereocenters. The molecule has 1 saturated heterocycles. The fourth-order valence-corrected chi connectivity index (χ4v) is 3.51. The molecule has 3 rings (SSSR count). The summed E-state index contributed by atoms with van der Waals surface area (Å²) in [5.74, 6) is 0.956. The van der Waals surface area contributed by atoms with Gasteiger partial charge < -0.3 is 9.80 Å². The molecule has 0 unspecified atom stereocenters. The molecule has 2 heterocycles. The molecule has 2 aromatic rings. The number of piperazine rings is 1. The Labute approximate surface area is 165 Å². The summed E-state index contributed by atoms with van der Waals surface area (Å²) < 4.78 is 0. The summed E-state index contributed by atoms with van der Waals surface area (Å²) in [7, 11) is 0. The summed E-state index contributed by atoms with van der Waals surface area (Å²) in [6.45, 7) is 6.59. The van der Waals surface area contributed by atoms with Gasteiger partial charge in [-0.2, -0.15) is 0 Å². The molecule has 0 spiro atoms. The lowest BCUT2D eigenvalue weighted by atomic mass is 10.1. The zero-order valence-corrected chi connectivity index (χ0v) is 16.4. The van der Waals surface area contributed by atoms with Crippen LogP contribution in [0.1, 0.15) is 29.5 Å². The van der Waals surface area contributed by atoms with E-state index < -0.39 is 4.92 Å². The van der Waals surface area contributed by atoms with E-state index >= 15 is 0 Å². The highest BCUT2D eigenvalue weighted by Crippen LogP contribution is 2.23. The second kappa shape index (κ2) is 8.82. The lowest BCUT2D eigenvalue weighted by molar-refractivity contribution is -0.385. The zero-order chi connectivity index (χ0) is 20.1. The van der Waals surface area contributed by atoms with Crippen molar-refractivity contribution in [2.45, 2.75) is 33.1 Å². The van der Waals surface area contributed by atoms with E-state index in [1.54, 1.807) is 6.07 Å². The molecule has 1 aliphatic rings. The fourth-order valence-electron chi connectivity index (χ4n) is 3.51. The third kappa shape index (κ3) is 4.85. The molecule has 1 aromatic carbocycles. The Morgan fingerprint density at radius 1 is 1.14 bits per heavy atom. The van der Waals surface area contributed by atoms with Crippen LogP contribution in [0.2, 0.25) is 0 Å². The number of carbonyl (C=O) groups is 1. The molecule has 1 aromatic heterocycles. The van der Waals surface area contributed by atoms with Crippen LogP contribution in [0.3, 0.4) is 0 Å². The highest BCUT2D eigenvalue weighted by molar-refractivity contribution is 5.76. The standard InChI is InChI=1S/C21H26N4O3/c1-16-6-8-18(9-7-16)4-3-5-20(26)23-10-12-24(13-11-23)21-17(2)14-19(15-22-21)25(27)28/h6-9,14-15H,3-5,10-13H2,1-2H3. The van der Waals surface area contributed by atoms with E-state index in [2.05, 4.69) is 41.1 Å². The van der Waals surface area contributed by atoms with Gasteiger partial charge in [-0.15, -0.1) is 0 Å². The van der Waals surface area contributed by atoms with Gasteiger partial charge in [0.15, 0.2) is 0 Å². The van der Waals surface area contributed by atoms with Crippen LogP contribution in [0, 0.1) is 24.0 Å². The van der Waals surface area contributed by atoms with Crippen molar-refractivity contribution in [2.75, 3.05) is 31.1 Å². The van der Waals surface area contributed by atoms with Gasteiger partial charge in [-0.1, -0.05) is 29.8 Å². The number of benzene rings is 1. The number of carbonyl (C=O) groups excluding carboxylic acids is 1. The Morgan fingerprint density at radius 3 is 2.43 bits per heavy atom. The van der Waals surface area contributed by atoms with Crippen LogP contribution in [0.15, 0.2) is 36.5 Å². The van der Waals surface area contributed by atoms with Crippen LogP contribution >= 0.6 is 0 Å². The minimum atomic E-state index is -0.434. The Morgan fingerprint density at radius 2 is 1.82 bits per heavy atom. The monoisotopic (exact) mass is 382 g/mol. The van der Waals surface area contributed by atoms with Gasteiger partial charge >= 0.3 is 0 Å². The van der Waals surface area contributed by atoms with Crippen molar-refractivity contribution in [1.82, 2.24) is 9.88 Å². The van der Waals surface area contributed by atoms with Gasteiger partial charge in [0.2, 0.25) is 5.91 Å². The number of amides is 1. The van der Waals surface area contributed by atoms with Gasteiger partial charge in [0.25, 0.3) is 5.69 Å². The van der Waals surface area contributed by atoms with Gasteiger partial charge in [0, 0.05) is 38.7 Å². The second-order valence-electron chi connectivity index (χ2n) is 7.30. The molecule has 0 aliphatic carbocycles. The maximum atomic E-state index is 12.5. The first kappa shape index (κ1) is 19.8. The number of nitrogens with zero attached hydrogens (tertiary/aromatic N) is 4. The molecule has 1 amide bonds. The maximum Gasteiger partial charge on any atom is 0.287 e. The van der Waals surface area contributed by atoms with Gasteiger partial charge in [-0.25, -0.2) is 4.98 Å². The summed E-state index contributed by atoms with van der Waals surface area (Å²) >= 11 is 0. The van der Waals surface area contributed by atoms with Crippen molar-refractivity contribution in [2.24, 2.45) is 0 Å². The topological polar surface area (TPSA) is 79.6 Å². The summed E-state index contributed by atoms with van der Waals surface area (Å²) in [5, 5.41) is 10.9. The van der Waals surface area contributed by atoms with E-state index in [-0.39, 0.29) is 11.6 Å². The van der Waals surface area contributed by atoms with Crippen LogP contribution in [0.5, 0.6) is 0 Å². The number of pyridine rings is 1. The van der Waals surface area contributed by atoms with Crippen molar-refractivity contribution < 1.29 is 9.72 Å². The number of nitro groups is 1. The minimum Gasteiger partial charge on any atom is -0.353 e. The average Bonchev–Trinajstić information content (AvgIpc) is 2.69. The maximum absolute atomic E-state index is 12.5. The van der Waals surface area contributed by atoms with Crippen LogP contribution in [0.4, 0.5) is 11.5 Å². The van der Waals surface area contributed by atoms with Gasteiger partial charge in [0.1, 0.15) is 12.0 Å². The molecular weight excluding hydrogens is 356 g/mol. The predicted octanol–water partition coefficient (Wildman–Crippen LogP) is 3.28. The van der Waals surface area contributed by atoms with Crippen molar-refractivity contribution in [3.63, 3.8) is 0 Å². The first-order chi connectivity index (χ1) is 13.4. The lowest BCUT2D eigenvalue weighted by Crippen LogP contribution is -2.49. The number of aryl methyl sites for hydroxylation is 3.